The number of carbonyl (C=O) groups is 1. The van der Waals surface area contributed by atoms with Gasteiger partial charge in [0.1, 0.15) is 4.91 Å². The Balaban J connectivity index is 0. The Hall–Kier alpha value is -1.52. The van der Waals surface area contributed by atoms with Crippen LogP contribution in [0, 0.1) is 0 Å². The van der Waals surface area contributed by atoms with E-state index in [1.807, 2.05) is 20.8 Å². The van der Waals surface area contributed by atoms with Crippen molar-refractivity contribution in [3.8, 4) is 0 Å². The highest BCUT2D eigenvalue weighted by molar-refractivity contribution is 8.07. The summed E-state index contributed by atoms with van der Waals surface area (Å²) in [7, 11) is 0. The third-order valence-corrected chi connectivity index (χ3v) is 8.15. The van der Waals surface area contributed by atoms with Crippen LogP contribution in [0.15, 0.2) is 34.6 Å². The minimum atomic E-state index is -0.268. The van der Waals surface area contributed by atoms with Gasteiger partial charge in [0.15, 0.2) is 0 Å². The van der Waals surface area contributed by atoms with Gasteiger partial charge in [0.05, 0.1) is 6.61 Å². The molecule has 1 N–H and O–H groups in total. The second-order valence-electron chi connectivity index (χ2n) is 11.9. The zero-order valence-corrected chi connectivity index (χ0v) is 29.2. The van der Waals surface area contributed by atoms with Gasteiger partial charge in [-0.1, -0.05) is 137 Å². The van der Waals surface area contributed by atoms with E-state index in [1.54, 1.807) is 0 Å². The van der Waals surface area contributed by atoms with Crippen molar-refractivity contribution in [2.24, 2.45) is 0 Å². The summed E-state index contributed by atoms with van der Waals surface area (Å²) >= 11 is 1.40. The minimum absolute atomic E-state index is 0.146. The number of hydrogen-bond donors (Lipinski definition) is 1. The van der Waals surface area contributed by atoms with E-state index in [1.165, 1.54) is 67.8 Å². The molecular formula is C36H64O3S. The van der Waals surface area contributed by atoms with E-state index >= 15 is 0 Å². The van der Waals surface area contributed by atoms with Crippen LogP contribution >= 0.6 is 11.8 Å². The Bertz CT molecular complexity index is 868. The Morgan fingerprint density at radius 2 is 1.35 bits per heavy atom. The first-order valence-corrected chi connectivity index (χ1v) is 16.5. The summed E-state index contributed by atoms with van der Waals surface area (Å²) in [5, 5.41) is 8.20. The molecule has 1 aliphatic carbocycles. The fraction of sp³-hybridized carbons (Fsp3) is 0.694. The van der Waals surface area contributed by atoms with Crippen molar-refractivity contribution in [2.45, 2.75) is 152 Å². The van der Waals surface area contributed by atoms with E-state index in [0.29, 0.717) is 18.1 Å². The SMILES string of the molecule is C=C(C)S/C(C(=O)OCC)=C(\C)c1ccc2c(c1)C(C)(C)CCC2(C)C.CCCC.CCCC.CCCCCO. The van der Waals surface area contributed by atoms with Gasteiger partial charge >= 0.3 is 5.97 Å². The summed E-state index contributed by atoms with van der Waals surface area (Å²) in [6, 6.07) is 6.68. The van der Waals surface area contributed by atoms with Gasteiger partial charge in [-0.05, 0) is 78.0 Å². The molecule has 0 spiro atoms. The highest BCUT2D eigenvalue weighted by Crippen LogP contribution is 2.46. The predicted octanol–water partition coefficient (Wildman–Crippen LogP) is 11.4. The molecule has 2 rings (SSSR count). The molecule has 3 nitrogen and oxygen atoms in total. The standard InChI is InChI=1S/C23H32O2S.C5H12O.2C4H10/c1-9-25-21(24)20(26-15(2)3)16(4)17-10-11-18-19(14-17)23(7,8)13-12-22(18,5)6;1-2-3-4-5-6;2*1-3-4-2/h10-11,14H,2,9,12-13H2,1,3-8H3;6H,2-5H2,1H3;2*3-4H2,1-2H3/b20-16+;;;. The average molecular weight is 577 g/mol. The average Bonchev–Trinajstić information content (AvgIpc) is 2.93. The topological polar surface area (TPSA) is 46.5 Å². The number of aliphatic hydroxyl groups is 1. The van der Waals surface area contributed by atoms with E-state index in [-0.39, 0.29) is 16.8 Å². The van der Waals surface area contributed by atoms with Gasteiger partial charge in [0, 0.05) is 6.61 Å². The zero-order valence-electron chi connectivity index (χ0n) is 28.4. The molecule has 0 saturated heterocycles. The van der Waals surface area contributed by atoms with E-state index in [4.69, 9.17) is 9.84 Å². The third-order valence-electron chi connectivity index (χ3n) is 7.13. The molecule has 0 aliphatic heterocycles. The molecule has 1 aromatic rings. The third kappa shape index (κ3) is 15.5. The maximum Gasteiger partial charge on any atom is 0.345 e. The number of hydrogen-bond acceptors (Lipinski definition) is 4. The Morgan fingerprint density at radius 1 is 0.850 bits per heavy atom. The first-order chi connectivity index (χ1) is 18.7. The Kier molecular flexibility index (Phi) is 22.5. The van der Waals surface area contributed by atoms with Crippen LogP contribution in [0.4, 0.5) is 0 Å². The lowest BCUT2D eigenvalue weighted by Crippen LogP contribution is -2.33. The van der Waals surface area contributed by atoms with Crippen molar-refractivity contribution < 1.29 is 14.6 Å². The fourth-order valence-electron chi connectivity index (χ4n) is 3.96. The minimum Gasteiger partial charge on any atom is -0.462 e. The first kappa shape index (κ1) is 40.6. The number of esters is 1. The van der Waals surface area contributed by atoms with E-state index in [9.17, 15) is 4.79 Å². The van der Waals surface area contributed by atoms with Gasteiger partial charge in [-0.3, -0.25) is 0 Å². The Morgan fingerprint density at radius 3 is 1.73 bits per heavy atom. The van der Waals surface area contributed by atoms with E-state index in [0.717, 1.165) is 28.9 Å². The van der Waals surface area contributed by atoms with Crippen molar-refractivity contribution >= 4 is 23.3 Å². The van der Waals surface area contributed by atoms with Gasteiger partial charge in [-0.15, -0.1) is 0 Å². The highest BCUT2D eigenvalue weighted by Gasteiger charge is 2.37. The predicted molar refractivity (Wildman–Crippen MR) is 181 cm³/mol. The van der Waals surface area contributed by atoms with Crippen molar-refractivity contribution in [3.05, 3.63) is 51.3 Å². The zero-order chi connectivity index (χ0) is 31.4. The molecule has 0 radical (unpaired) electrons. The van der Waals surface area contributed by atoms with Gasteiger partial charge in [-0.25, -0.2) is 4.79 Å². The van der Waals surface area contributed by atoms with Crippen molar-refractivity contribution in [1.29, 1.82) is 0 Å². The van der Waals surface area contributed by atoms with Crippen LogP contribution in [0.5, 0.6) is 0 Å². The number of unbranched alkanes of at least 4 members (excludes halogenated alkanes) is 4. The fourth-order valence-corrected chi connectivity index (χ4v) is 4.72. The number of thioether (sulfide) groups is 1. The van der Waals surface area contributed by atoms with Crippen LogP contribution in [0.3, 0.4) is 0 Å². The summed E-state index contributed by atoms with van der Waals surface area (Å²) in [6.45, 7) is 30.6. The van der Waals surface area contributed by atoms with Crippen molar-refractivity contribution in [2.75, 3.05) is 13.2 Å². The second kappa shape index (κ2) is 22.1. The second-order valence-corrected chi connectivity index (χ2v) is 13.2. The lowest BCUT2D eigenvalue weighted by Gasteiger charge is -2.42. The number of rotatable bonds is 10. The van der Waals surface area contributed by atoms with Gasteiger partial charge < -0.3 is 9.84 Å². The van der Waals surface area contributed by atoms with Gasteiger partial charge in [-0.2, -0.15) is 0 Å². The molecule has 232 valence electrons. The molecule has 4 heteroatoms. The number of benzene rings is 1. The maximum atomic E-state index is 12.5. The monoisotopic (exact) mass is 576 g/mol. The summed E-state index contributed by atoms with van der Waals surface area (Å²) in [5.41, 5.74) is 5.21. The molecule has 0 atom stereocenters. The van der Waals surface area contributed by atoms with E-state index < -0.39 is 0 Å². The largest absolute Gasteiger partial charge is 0.462 e. The molecular weight excluding hydrogens is 512 g/mol. The van der Waals surface area contributed by atoms with Crippen LogP contribution < -0.4 is 0 Å². The molecule has 0 amide bonds. The van der Waals surface area contributed by atoms with Crippen LogP contribution in [0.25, 0.3) is 5.57 Å². The molecule has 0 heterocycles. The lowest BCUT2D eigenvalue weighted by molar-refractivity contribution is -0.137. The van der Waals surface area contributed by atoms with Crippen LogP contribution in [-0.2, 0) is 20.4 Å². The normalized spacial score (nSPS) is 14.9. The molecule has 0 unspecified atom stereocenters. The van der Waals surface area contributed by atoms with Gasteiger partial charge in [0.25, 0.3) is 0 Å². The van der Waals surface area contributed by atoms with Gasteiger partial charge in [0.2, 0.25) is 0 Å². The smallest absolute Gasteiger partial charge is 0.345 e. The number of aliphatic hydroxyl groups excluding tert-OH is 1. The van der Waals surface area contributed by atoms with Crippen molar-refractivity contribution in [3.63, 3.8) is 0 Å². The summed E-state index contributed by atoms with van der Waals surface area (Å²) in [6.07, 6.45) is 11.0. The lowest BCUT2D eigenvalue weighted by atomic mass is 9.63. The molecule has 0 bridgehead atoms. The Labute approximate surface area is 253 Å². The van der Waals surface area contributed by atoms with E-state index in [2.05, 4.69) is 87.1 Å². The van der Waals surface area contributed by atoms with Crippen molar-refractivity contribution in [1.82, 2.24) is 0 Å². The molecule has 0 saturated carbocycles. The summed E-state index contributed by atoms with van der Waals surface area (Å²) < 4.78 is 5.28. The first-order valence-electron chi connectivity index (χ1n) is 15.7. The quantitative estimate of drug-likeness (QED) is 0.171. The molecule has 0 aromatic heterocycles. The number of fused-ring (bicyclic) bond motifs is 1. The number of ether oxygens (including phenoxy) is 1. The summed E-state index contributed by atoms with van der Waals surface area (Å²) in [4.78, 5) is 14.0. The number of carbonyl (C=O) groups excluding carboxylic acids is 1. The molecule has 1 aliphatic rings. The highest BCUT2D eigenvalue weighted by atomic mass is 32.2. The number of allylic oxidation sites excluding steroid dienone is 2. The molecule has 1 aromatic carbocycles. The molecule has 40 heavy (non-hydrogen) atoms. The van der Waals surface area contributed by atoms with Crippen LogP contribution in [-0.4, -0.2) is 24.3 Å². The summed E-state index contributed by atoms with van der Waals surface area (Å²) in [5.74, 6) is -0.268. The maximum absolute atomic E-state index is 12.5. The van der Waals surface area contributed by atoms with Crippen LogP contribution in [0.1, 0.15) is 158 Å². The van der Waals surface area contributed by atoms with Crippen LogP contribution in [0.2, 0.25) is 0 Å². The molecule has 0 fully saturated rings.